The van der Waals surface area contributed by atoms with Gasteiger partial charge in [0.2, 0.25) is 11.8 Å². The highest BCUT2D eigenvalue weighted by Gasteiger charge is 2.58. The van der Waals surface area contributed by atoms with Crippen molar-refractivity contribution in [1.82, 2.24) is 4.90 Å². The first-order valence-corrected chi connectivity index (χ1v) is 8.84. The van der Waals surface area contributed by atoms with Gasteiger partial charge in [0, 0.05) is 18.8 Å². The number of anilines is 1. The summed E-state index contributed by atoms with van der Waals surface area (Å²) in [4.78, 5) is 27.5. The summed E-state index contributed by atoms with van der Waals surface area (Å²) in [5.74, 6) is -0.0653. The molecule has 0 bridgehead atoms. The van der Waals surface area contributed by atoms with E-state index >= 15 is 0 Å². The first-order valence-electron chi connectivity index (χ1n) is 8.84. The van der Waals surface area contributed by atoms with Crippen LogP contribution in [-0.2, 0) is 22.4 Å². The molecule has 0 spiro atoms. The molecule has 1 N–H and O–H groups in total. The fourth-order valence-corrected chi connectivity index (χ4v) is 3.52. The van der Waals surface area contributed by atoms with E-state index < -0.39 is 5.41 Å². The highest BCUT2D eigenvalue weighted by Crippen LogP contribution is 2.49. The largest absolute Gasteiger partial charge is 0.342 e. The lowest BCUT2D eigenvalue weighted by Crippen LogP contribution is -2.41. The second kappa shape index (κ2) is 6.34. The Kier molecular flexibility index (Phi) is 4.42. The fourth-order valence-electron chi connectivity index (χ4n) is 3.52. The van der Waals surface area contributed by atoms with Crippen molar-refractivity contribution in [3.63, 3.8) is 0 Å². The zero-order valence-corrected chi connectivity index (χ0v) is 14.2. The van der Waals surface area contributed by atoms with Crippen LogP contribution in [0.5, 0.6) is 0 Å². The van der Waals surface area contributed by atoms with Gasteiger partial charge in [0.25, 0.3) is 0 Å². The van der Waals surface area contributed by atoms with Crippen molar-refractivity contribution in [3.8, 4) is 0 Å². The van der Waals surface area contributed by atoms with E-state index in [0.29, 0.717) is 12.8 Å². The van der Waals surface area contributed by atoms with E-state index in [1.807, 2.05) is 11.0 Å². The van der Waals surface area contributed by atoms with Gasteiger partial charge in [-0.25, -0.2) is 0 Å². The van der Waals surface area contributed by atoms with E-state index in [1.54, 1.807) is 0 Å². The molecule has 1 aromatic rings. The van der Waals surface area contributed by atoms with Crippen LogP contribution in [0.3, 0.4) is 0 Å². The van der Waals surface area contributed by atoms with E-state index in [0.717, 1.165) is 55.6 Å². The van der Waals surface area contributed by atoms with Crippen LogP contribution >= 0.6 is 0 Å². The van der Waals surface area contributed by atoms with Gasteiger partial charge in [-0.1, -0.05) is 32.0 Å². The zero-order valence-electron chi connectivity index (χ0n) is 14.2. The highest BCUT2D eigenvalue weighted by atomic mass is 16.2. The van der Waals surface area contributed by atoms with Crippen molar-refractivity contribution in [1.29, 1.82) is 0 Å². The van der Waals surface area contributed by atoms with Gasteiger partial charge in [-0.05, 0) is 49.7 Å². The monoisotopic (exact) mass is 314 g/mol. The number of likely N-dealkylation sites (tertiary alicyclic amines) is 1. The number of para-hydroxylation sites is 1. The summed E-state index contributed by atoms with van der Waals surface area (Å²) in [6.45, 7) is 5.79. The molecule has 1 aromatic carbocycles. The van der Waals surface area contributed by atoms with Gasteiger partial charge in [0.05, 0.1) is 0 Å². The lowest BCUT2D eigenvalue weighted by atomic mass is 10.00. The van der Waals surface area contributed by atoms with Crippen LogP contribution in [-0.4, -0.2) is 29.8 Å². The van der Waals surface area contributed by atoms with Crippen molar-refractivity contribution >= 4 is 17.5 Å². The number of nitrogens with zero attached hydrogens (tertiary/aromatic N) is 1. The molecule has 1 saturated heterocycles. The Bertz CT molecular complexity index is 592. The molecule has 124 valence electrons. The normalized spacial score (nSPS) is 18.8. The van der Waals surface area contributed by atoms with E-state index in [9.17, 15) is 9.59 Å². The van der Waals surface area contributed by atoms with Gasteiger partial charge in [-0.2, -0.15) is 0 Å². The van der Waals surface area contributed by atoms with Crippen LogP contribution in [0.25, 0.3) is 0 Å². The summed E-state index contributed by atoms with van der Waals surface area (Å²) in [6, 6.07) is 6.14. The van der Waals surface area contributed by atoms with Crippen LogP contribution in [0, 0.1) is 5.41 Å². The van der Waals surface area contributed by atoms with Gasteiger partial charge >= 0.3 is 0 Å². The fraction of sp³-hybridized carbons (Fsp3) is 0.579. The maximum absolute atomic E-state index is 12.9. The Labute approximate surface area is 138 Å². The quantitative estimate of drug-likeness (QED) is 0.849. The maximum atomic E-state index is 12.9. The van der Waals surface area contributed by atoms with Gasteiger partial charge in [0.15, 0.2) is 0 Å². The Morgan fingerprint density at radius 1 is 1.09 bits per heavy atom. The molecule has 1 aliphatic carbocycles. The number of benzene rings is 1. The third-order valence-corrected chi connectivity index (χ3v) is 5.22. The SMILES string of the molecule is CCc1cccc(CC)c1NC(=O)C1(C(=O)N2CCCC2)CC1. The van der Waals surface area contributed by atoms with E-state index in [2.05, 4.69) is 31.3 Å². The molecule has 3 rings (SSSR count). The average molecular weight is 314 g/mol. The lowest BCUT2D eigenvalue weighted by molar-refractivity contribution is -0.141. The topological polar surface area (TPSA) is 49.4 Å². The van der Waals surface area contributed by atoms with E-state index in [-0.39, 0.29) is 11.8 Å². The first-order chi connectivity index (χ1) is 11.1. The number of hydrogen-bond donors (Lipinski definition) is 1. The molecule has 0 aromatic heterocycles. The van der Waals surface area contributed by atoms with E-state index in [4.69, 9.17) is 0 Å². The second-order valence-electron chi connectivity index (χ2n) is 6.69. The second-order valence-corrected chi connectivity index (χ2v) is 6.69. The molecular weight excluding hydrogens is 288 g/mol. The molecule has 1 saturated carbocycles. The predicted molar refractivity (Wildman–Crippen MR) is 91.3 cm³/mol. The molecule has 1 heterocycles. The van der Waals surface area contributed by atoms with Crippen molar-refractivity contribution in [2.75, 3.05) is 18.4 Å². The molecule has 2 amide bonds. The van der Waals surface area contributed by atoms with Crippen LogP contribution in [0.2, 0.25) is 0 Å². The minimum absolute atomic E-state index is 0.0412. The summed E-state index contributed by atoms with van der Waals surface area (Å²) in [6.07, 6.45) is 5.23. The molecule has 0 atom stereocenters. The number of rotatable bonds is 5. The lowest BCUT2D eigenvalue weighted by Gasteiger charge is -2.23. The molecule has 4 heteroatoms. The summed E-state index contributed by atoms with van der Waals surface area (Å²) >= 11 is 0. The van der Waals surface area contributed by atoms with Crippen LogP contribution in [0.15, 0.2) is 18.2 Å². The molecule has 23 heavy (non-hydrogen) atoms. The minimum Gasteiger partial charge on any atom is -0.342 e. The summed E-state index contributed by atoms with van der Waals surface area (Å²) in [7, 11) is 0. The van der Waals surface area contributed by atoms with Crippen LogP contribution in [0.1, 0.15) is 50.7 Å². The Hall–Kier alpha value is -1.84. The van der Waals surface area contributed by atoms with Crippen LogP contribution in [0.4, 0.5) is 5.69 Å². The molecule has 2 aliphatic rings. The minimum atomic E-state index is -0.795. The van der Waals surface area contributed by atoms with Gasteiger partial charge < -0.3 is 10.2 Å². The number of amides is 2. The standard InChI is InChI=1S/C19H26N2O2/c1-3-14-8-7-9-15(4-2)16(14)20-17(22)19(10-11-19)18(23)21-12-5-6-13-21/h7-9H,3-6,10-13H2,1-2H3,(H,20,22). The molecule has 2 fully saturated rings. The molecule has 1 aliphatic heterocycles. The smallest absolute Gasteiger partial charge is 0.240 e. The summed E-state index contributed by atoms with van der Waals surface area (Å²) < 4.78 is 0. The van der Waals surface area contributed by atoms with Crippen molar-refractivity contribution in [2.24, 2.45) is 5.41 Å². The average Bonchev–Trinajstić information content (AvgIpc) is 3.21. The van der Waals surface area contributed by atoms with Crippen molar-refractivity contribution < 1.29 is 9.59 Å². The van der Waals surface area contributed by atoms with Gasteiger partial charge in [-0.15, -0.1) is 0 Å². The summed E-state index contributed by atoms with van der Waals surface area (Å²) in [5, 5.41) is 3.10. The third kappa shape index (κ3) is 2.87. The summed E-state index contributed by atoms with van der Waals surface area (Å²) in [5.41, 5.74) is 2.41. The number of carbonyl (C=O) groups excluding carboxylic acids is 2. The Balaban J connectivity index is 1.81. The molecule has 4 nitrogen and oxygen atoms in total. The predicted octanol–water partition coefficient (Wildman–Crippen LogP) is 3.15. The van der Waals surface area contributed by atoms with Crippen molar-refractivity contribution in [2.45, 2.75) is 52.4 Å². The Morgan fingerprint density at radius 3 is 2.13 bits per heavy atom. The van der Waals surface area contributed by atoms with Gasteiger partial charge in [0.1, 0.15) is 5.41 Å². The van der Waals surface area contributed by atoms with Crippen LogP contribution < -0.4 is 5.32 Å². The molecular formula is C19H26N2O2. The number of aryl methyl sites for hydroxylation is 2. The molecule has 0 radical (unpaired) electrons. The maximum Gasteiger partial charge on any atom is 0.240 e. The number of nitrogens with one attached hydrogen (secondary N) is 1. The Morgan fingerprint density at radius 2 is 1.65 bits per heavy atom. The third-order valence-electron chi connectivity index (χ3n) is 5.22. The van der Waals surface area contributed by atoms with E-state index in [1.165, 1.54) is 0 Å². The number of carbonyl (C=O) groups is 2. The van der Waals surface area contributed by atoms with Crippen molar-refractivity contribution in [3.05, 3.63) is 29.3 Å². The number of hydrogen-bond acceptors (Lipinski definition) is 2. The zero-order chi connectivity index (χ0) is 16.4. The first kappa shape index (κ1) is 16.0. The van der Waals surface area contributed by atoms with Gasteiger partial charge in [-0.3, -0.25) is 9.59 Å². The molecule has 0 unspecified atom stereocenters. The highest BCUT2D eigenvalue weighted by molar-refractivity contribution is 6.13.